The van der Waals surface area contributed by atoms with Gasteiger partial charge in [0.05, 0.1) is 49.0 Å². The molecule has 0 saturated carbocycles. The predicted octanol–water partition coefficient (Wildman–Crippen LogP) is 5.90. The van der Waals surface area contributed by atoms with Gasteiger partial charge in [-0.1, -0.05) is 78.9 Å². The van der Waals surface area contributed by atoms with Crippen molar-refractivity contribution in [2.45, 2.75) is 20.0 Å². The minimum Gasteiger partial charge on any atom is -0.496 e. The fraction of sp³-hybridized carbons (Fsp3) is 0.129. The lowest BCUT2D eigenvalue weighted by atomic mass is 10.1. The normalized spacial score (nSPS) is 10.2. The fourth-order valence-corrected chi connectivity index (χ4v) is 4.27. The number of fused-ring (bicyclic) bond motifs is 2. The number of rotatable bonds is 5. The topological polar surface area (TPSA) is 79.0 Å². The van der Waals surface area contributed by atoms with Crippen LogP contribution in [0.5, 0.6) is 5.75 Å². The molecular weight excluding hydrogens is 476 g/mol. The average molecular weight is 505 g/mol. The molecule has 0 spiro atoms. The van der Waals surface area contributed by atoms with Crippen LogP contribution in [0.2, 0.25) is 0 Å². The van der Waals surface area contributed by atoms with Crippen LogP contribution >= 0.6 is 0 Å². The Morgan fingerprint density at radius 2 is 1.13 bits per heavy atom. The summed E-state index contributed by atoms with van der Waals surface area (Å²) in [5.41, 5.74) is 6.10. The van der Waals surface area contributed by atoms with E-state index in [1.54, 1.807) is 7.11 Å². The van der Waals surface area contributed by atoms with Gasteiger partial charge in [0.25, 0.3) is 0 Å². The molecular formula is C31H28N4O3. The van der Waals surface area contributed by atoms with Gasteiger partial charge >= 0.3 is 6.15 Å². The number of methoxy groups -OCH3 is 1. The van der Waals surface area contributed by atoms with Gasteiger partial charge in [0.2, 0.25) is 0 Å². The van der Waals surface area contributed by atoms with Crippen LogP contribution in [0.15, 0.2) is 109 Å². The Kier molecular flexibility index (Phi) is 8.79. The zero-order valence-electron chi connectivity index (χ0n) is 21.3. The molecule has 0 amide bonds. The van der Waals surface area contributed by atoms with Crippen molar-refractivity contribution in [2.24, 2.45) is 0 Å². The first-order valence-corrected chi connectivity index (χ1v) is 12.1. The molecule has 0 radical (unpaired) electrons. The molecule has 4 aromatic carbocycles. The second-order valence-corrected chi connectivity index (χ2v) is 8.56. The van der Waals surface area contributed by atoms with E-state index in [-0.39, 0.29) is 6.15 Å². The van der Waals surface area contributed by atoms with Crippen molar-refractivity contribution < 1.29 is 14.3 Å². The van der Waals surface area contributed by atoms with Gasteiger partial charge in [0, 0.05) is 5.39 Å². The summed E-state index contributed by atoms with van der Waals surface area (Å²) in [5, 5.41) is 11.2. The third kappa shape index (κ3) is 6.22. The summed E-state index contributed by atoms with van der Waals surface area (Å²) in [6.07, 6.45) is 4.06. The lowest BCUT2D eigenvalue weighted by Gasteiger charge is -2.05. The summed E-state index contributed by atoms with van der Waals surface area (Å²) in [5.74, 6) is 0.867. The van der Waals surface area contributed by atoms with Crippen LogP contribution in [-0.2, 0) is 22.7 Å². The van der Waals surface area contributed by atoms with Gasteiger partial charge in [0.15, 0.2) is 0 Å². The van der Waals surface area contributed by atoms with Crippen molar-refractivity contribution in [1.29, 1.82) is 0 Å². The van der Waals surface area contributed by atoms with Gasteiger partial charge in [-0.3, -0.25) is 9.36 Å². The van der Waals surface area contributed by atoms with E-state index in [0.29, 0.717) is 0 Å². The Hall–Kier alpha value is -5.00. The van der Waals surface area contributed by atoms with Crippen LogP contribution in [-0.4, -0.2) is 32.8 Å². The predicted molar refractivity (Wildman–Crippen MR) is 147 cm³/mol. The molecule has 0 saturated heterocycles. The summed E-state index contributed by atoms with van der Waals surface area (Å²) in [6.45, 7) is 3.72. The fourth-order valence-electron chi connectivity index (χ4n) is 4.27. The standard InChI is InChI=1S/C15H14N2O.C15H14N2.CO2/c1-18-15-9-5-8-14-13(15)10-16-17(14)11-12-6-3-2-4-7-12;1-12-6-5-9-15-14(12)10-16-17(15)11-13-7-3-2-4-8-13;2-1-3/h2-10H,11H2,1H3;2-10H,11H2,1H3;. The minimum absolute atomic E-state index is 0.250. The molecule has 0 fully saturated rings. The summed E-state index contributed by atoms with van der Waals surface area (Å²) < 4.78 is 9.38. The molecule has 6 rings (SSSR count). The maximum absolute atomic E-state index is 8.12. The highest BCUT2D eigenvalue weighted by atomic mass is 16.5. The van der Waals surface area contributed by atoms with Crippen LogP contribution in [0.25, 0.3) is 21.8 Å². The van der Waals surface area contributed by atoms with Crippen molar-refractivity contribution in [2.75, 3.05) is 7.11 Å². The number of hydrogen-bond donors (Lipinski definition) is 0. The van der Waals surface area contributed by atoms with E-state index >= 15 is 0 Å². The second-order valence-electron chi connectivity index (χ2n) is 8.56. The Balaban J connectivity index is 0.000000161. The van der Waals surface area contributed by atoms with Gasteiger partial charge in [-0.2, -0.15) is 19.8 Å². The number of benzene rings is 4. The maximum Gasteiger partial charge on any atom is 0.373 e. The summed E-state index contributed by atoms with van der Waals surface area (Å²) >= 11 is 0. The molecule has 0 atom stereocenters. The number of nitrogens with zero attached hydrogens (tertiary/aromatic N) is 4. The van der Waals surface area contributed by atoms with Gasteiger partial charge < -0.3 is 4.74 Å². The van der Waals surface area contributed by atoms with Crippen molar-refractivity contribution in [3.63, 3.8) is 0 Å². The summed E-state index contributed by atoms with van der Waals surface area (Å²) in [6, 6.07) is 33.1. The molecule has 2 aromatic heterocycles. The van der Waals surface area contributed by atoms with E-state index in [2.05, 4.69) is 82.5 Å². The van der Waals surface area contributed by atoms with E-state index in [0.717, 1.165) is 29.7 Å². The van der Waals surface area contributed by atoms with Crippen LogP contribution in [0, 0.1) is 6.92 Å². The highest BCUT2D eigenvalue weighted by Gasteiger charge is 2.07. The Morgan fingerprint density at radius 3 is 1.66 bits per heavy atom. The summed E-state index contributed by atoms with van der Waals surface area (Å²) in [7, 11) is 1.68. The average Bonchev–Trinajstić information content (AvgIpc) is 3.56. The molecule has 0 unspecified atom stereocenters. The first-order valence-electron chi connectivity index (χ1n) is 12.1. The van der Waals surface area contributed by atoms with Crippen LogP contribution in [0.4, 0.5) is 0 Å². The molecule has 0 N–H and O–H groups in total. The third-order valence-electron chi connectivity index (χ3n) is 6.12. The molecule has 38 heavy (non-hydrogen) atoms. The SMILES string of the molecule is COc1cccc2c1cnn2Cc1ccccc1.Cc1cccc2c1cnn2Cc1ccccc1.O=C=O. The van der Waals surface area contributed by atoms with Gasteiger partial charge in [-0.15, -0.1) is 0 Å². The van der Waals surface area contributed by atoms with E-state index in [4.69, 9.17) is 14.3 Å². The van der Waals surface area contributed by atoms with Gasteiger partial charge in [0.1, 0.15) is 5.75 Å². The molecule has 7 heteroatoms. The molecule has 6 aromatic rings. The number of aromatic nitrogens is 4. The Bertz CT molecular complexity index is 1630. The lowest BCUT2D eigenvalue weighted by Crippen LogP contribution is -2.00. The highest BCUT2D eigenvalue weighted by Crippen LogP contribution is 2.25. The quantitative estimate of drug-likeness (QED) is 0.292. The Labute approximate surface area is 220 Å². The van der Waals surface area contributed by atoms with Crippen molar-refractivity contribution in [1.82, 2.24) is 19.6 Å². The molecule has 0 aliphatic carbocycles. The largest absolute Gasteiger partial charge is 0.496 e. The highest BCUT2D eigenvalue weighted by molar-refractivity contribution is 5.85. The molecule has 190 valence electrons. The van der Waals surface area contributed by atoms with Crippen LogP contribution in [0.1, 0.15) is 16.7 Å². The maximum atomic E-state index is 8.12. The number of ether oxygens (including phenoxy) is 1. The van der Waals surface area contributed by atoms with Crippen LogP contribution < -0.4 is 4.74 Å². The minimum atomic E-state index is 0.250. The molecule has 7 nitrogen and oxygen atoms in total. The van der Waals surface area contributed by atoms with Crippen LogP contribution in [0.3, 0.4) is 0 Å². The first-order chi connectivity index (χ1) is 18.6. The Morgan fingerprint density at radius 1 is 0.658 bits per heavy atom. The zero-order chi connectivity index (χ0) is 26.7. The molecule has 0 aliphatic heterocycles. The third-order valence-corrected chi connectivity index (χ3v) is 6.12. The zero-order valence-corrected chi connectivity index (χ0v) is 21.3. The smallest absolute Gasteiger partial charge is 0.373 e. The van der Waals surface area contributed by atoms with Crippen molar-refractivity contribution in [3.05, 3.63) is 126 Å². The van der Waals surface area contributed by atoms with Gasteiger partial charge in [-0.25, -0.2) is 0 Å². The van der Waals surface area contributed by atoms with E-state index in [9.17, 15) is 0 Å². The van der Waals surface area contributed by atoms with E-state index in [1.165, 1.54) is 27.6 Å². The monoisotopic (exact) mass is 504 g/mol. The number of carbonyl (C=O) groups excluding carboxylic acids is 2. The number of hydrogen-bond acceptors (Lipinski definition) is 5. The van der Waals surface area contributed by atoms with E-state index in [1.807, 2.05) is 53.5 Å². The number of aryl methyl sites for hydroxylation is 1. The first kappa shape index (κ1) is 26.1. The lowest BCUT2D eigenvalue weighted by molar-refractivity contribution is -0.191. The van der Waals surface area contributed by atoms with E-state index < -0.39 is 0 Å². The van der Waals surface area contributed by atoms with Gasteiger partial charge in [-0.05, 0) is 41.8 Å². The van der Waals surface area contributed by atoms with Crippen molar-refractivity contribution >= 4 is 28.0 Å². The summed E-state index contributed by atoms with van der Waals surface area (Å²) in [4.78, 5) is 16.2. The molecule has 0 aliphatic rings. The van der Waals surface area contributed by atoms with Crippen molar-refractivity contribution in [3.8, 4) is 5.75 Å². The second kappa shape index (κ2) is 12.8. The molecule has 0 bridgehead atoms. The molecule has 2 heterocycles.